The Kier molecular flexibility index (Phi) is 3.42. The summed E-state index contributed by atoms with van der Waals surface area (Å²) in [5, 5.41) is 0. The summed E-state index contributed by atoms with van der Waals surface area (Å²) >= 11 is 0. The standard InChI is InChI=1S/C21H20N2O/c1-15-8-7-11-19-21(15)23(3)20-14-17(12-13-18(20)22(19)2)24-16-9-5-4-6-10-16/h4-14H,1-3H3. The van der Waals surface area contributed by atoms with E-state index in [9.17, 15) is 0 Å². The van der Waals surface area contributed by atoms with E-state index in [4.69, 9.17) is 4.74 Å². The molecule has 1 aliphatic rings. The van der Waals surface area contributed by atoms with Gasteiger partial charge in [-0.3, -0.25) is 0 Å². The first kappa shape index (κ1) is 14.6. The predicted octanol–water partition coefficient (Wildman–Crippen LogP) is 5.64. The Morgan fingerprint density at radius 1 is 0.667 bits per heavy atom. The Bertz CT molecular complexity index is 890. The van der Waals surface area contributed by atoms with Crippen LogP contribution in [0.15, 0.2) is 66.7 Å². The third-order valence-corrected chi connectivity index (χ3v) is 4.56. The van der Waals surface area contributed by atoms with Gasteiger partial charge in [0.05, 0.1) is 22.7 Å². The molecule has 0 radical (unpaired) electrons. The molecule has 0 aliphatic carbocycles. The van der Waals surface area contributed by atoms with E-state index in [-0.39, 0.29) is 0 Å². The molecule has 0 saturated carbocycles. The summed E-state index contributed by atoms with van der Waals surface area (Å²) in [7, 11) is 4.23. The second-order valence-corrected chi connectivity index (χ2v) is 6.13. The number of hydrogen-bond acceptors (Lipinski definition) is 3. The first-order valence-corrected chi connectivity index (χ1v) is 8.09. The van der Waals surface area contributed by atoms with Gasteiger partial charge in [0.25, 0.3) is 0 Å². The van der Waals surface area contributed by atoms with Crippen molar-refractivity contribution in [3.63, 3.8) is 0 Å². The van der Waals surface area contributed by atoms with Gasteiger partial charge in [0.1, 0.15) is 11.5 Å². The molecule has 3 heteroatoms. The minimum absolute atomic E-state index is 0.845. The predicted molar refractivity (Wildman–Crippen MR) is 100 cm³/mol. The highest BCUT2D eigenvalue weighted by Gasteiger charge is 2.25. The number of para-hydroxylation sites is 2. The molecule has 4 rings (SSSR count). The zero-order valence-electron chi connectivity index (χ0n) is 14.2. The molecule has 0 saturated heterocycles. The summed E-state index contributed by atoms with van der Waals surface area (Å²) in [6, 6.07) is 22.6. The van der Waals surface area contributed by atoms with E-state index < -0.39 is 0 Å². The summed E-state index contributed by atoms with van der Waals surface area (Å²) in [6.07, 6.45) is 0. The van der Waals surface area contributed by atoms with E-state index in [0.29, 0.717) is 0 Å². The van der Waals surface area contributed by atoms with Gasteiger partial charge < -0.3 is 14.5 Å². The quantitative estimate of drug-likeness (QED) is 0.609. The fourth-order valence-corrected chi connectivity index (χ4v) is 3.34. The first-order valence-electron chi connectivity index (χ1n) is 8.09. The van der Waals surface area contributed by atoms with Crippen LogP contribution in [0.1, 0.15) is 5.56 Å². The Morgan fingerprint density at radius 3 is 2.25 bits per heavy atom. The second kappa shape index (κ2) is 5.60. The maximum absolute atomic E-state index is 6.00. The number of anilines is 4. The van der Waals surface area contributed by atoms with Gasteiger partial charge in [-0.25, -0.2) is 0 Å². The lowest BCUT2D eigenvalue weighted by atomic mass is 10.0. The molecule has 0 unspecified atom stereocenters. The van der Waals surface area contributed by atoms with Gasteiger partial charge in [0.15, 0.2) is 0 Å². The molecule has 0 fully saturated rings. The largest absolute Gasteiger partial charge is 0.457 e. The van der Waals surface area contributed by atoms with Crippen molar-refractivity contribution >= 4 is 22.7 Å². The van der Waals surface area contributed by atoms with Crippen LogP contribution in [0.4, 0.5) is 22.7 Å². The fraction of sp³-hybridized carbons (Fsp3) is 0.143. The van der Waals surface area contributed by atoms with Crippen molar-refractivity contribution in [2.75, 3.05) is 23.9 Å². The molecule has 120 valence electrons. The van der Waals surface area contributed by atoms with Crippen molar-refractivity contribution in [1.29, 1.82) is 0 Å². The Hall–Kier alpha value is -2.94. The normalized spacial score (nSPS) is 12.6. The van der Waals surface area contributed by atoms with Crippen LogP contribution in [0.2, 0.25) is 0 Å². The molecule has 0 atom stereocenters. The number of hydrogen-bond donors (Lipinski definition) is 0. The van der Waals surface area contributed by atoms with Gasteiger partial charge in [-0.2, -0.15) is 0 Å². The minimum Gasteiger partial charge on any atom is -0.457 e. The summed E-state index contributed by atoms with van der Waals surface area (Å²) in [5.74, 6) is 1.69. The molecular weight excluding hydrogens is 296 g/mol. The third kappa shape index (κ3) is 2.29. The summed E-state index contributed by atoms with van der Waals surface area (Å²) in [6.45, 7) is 2.15. The van der Waals surface area contributed by atoms with Crippen LogP contribution >= 0.6 is 0 Å². The highest BCUT2D eigenvalue weighted by molar-refractivity contribution is 5.94. The van der Waals surface area contributed by atoms with Crippen molar-refractivity contribution in [3.8, 4) is 11.5 Å². The number of nitrogens with zero attached hydrogens (tertiary/aromatic N) is 2. The number of ether oxygens (including phenoxy) is 1. The van der Waals surface area contributed by atoms with Gasteiger partial charge in [-0.05, 0) is 42.8 Å². The maximum Gasteiger partial charge on any atom is 0.129 e. The maximum atomic E-state index is 6.00. The van der Waals surface area contributed by atoms with E-state index in [0.717, 1.165) is 17.2 Å². The van der Waals surface area contributed by atoms with Gasteiger partial charge >= 0.3 is 0 Å². The van der Waals surface area contributed by atoms with Crippen LogP contribution in [-0.4, -0.2) is 14.1 Å². The zero-order valence-corrected chi connectivity index (χ0v) is 14.2. The Balaban J connectivity index is 1.77. The molecule has 0 aromatic heterocycles. The molecule has 0 N–H and O–H groups in total. The lowest BCUT2D eigenvalue weighted by Crippen LogP contribution is -2.24. The second-order valence-electron chi connectivity index (χ2n) is 6.13. The van der Waals surface area contributed by atoms with Crippen LogP contribution in [-0.2, 0) is 0 Å². The summed E-state index contributed by atoms with van der Waals surface area (Å²) < 4.78 is 6.00. The van der Waals surface area contributed by atoms with Gasteiger partial charge in [-0.15, -0.1) is 0 Å². The van der Waals surface area contributed by atoms with Crippen LogP contribution in [0.25, 0.3) is 0 Å². The fourth-order valence-electron chi connectivity index (χ4n) is 3.34. The first-order chi connectivity index (χ1) is 11.6. The van der Waals surface area contributed by atoms with Crippen LogP contribution in [0, 0.1) is 6.92 Å². The van der Waals surface area contributed by atoms with Gasteiger partial charge in [0, 0.05) is 20.2 Å². The van der Waals surface area contributed by atoms with Crippen molar-refractivity contribution in [3.05, 3.63) is 72.3 Å². The molecule has 24 heavy (non-hydrogen) atoms. The topological polar surface area (TPSA) is 15.7 Å². The van der Waals surface area contributed by atoms with E-state index in [2.05, 4.69) is 61.2 Å². The molecule has 1 heterocycles. The van der Waals surface area contributed by atoms with Crippen LogP contribution < -0.4 is 14.5 Å². The molecular formula is C21H20N2O. The SMILES string of the molecule is Cc1cccc2c1N(C)c1cc(Oc3ccccc3)ccc1N2C. The van der Waals surface area contributed by atoms with Crippen molar-refractivity contribution in [1.82, 2.24) is 0 Å². The molecule has 3 nitrogen and oxygen atoms in total. The van der Waals surface area contributed by atoms with Gasteiger partial charge in [-0.1, -0.05) is 30.3 Å². The Labute approximate surface area is 142 Å². The lowest BCUT2D eigenvalue weighted by molar-refractivity contribution is 0.483. The summed E-state index contributed by atoms with van der Waals surface area (Å²) in [4.78, 5) is 4.49. The molecule has 0 amide bonds. The van der Waals surface area contributed by atoms with Crippen molar-refractivity contribution < 1.29 is 4.74 Å². The van der Waals surface area contributed by atoms with E-state index in [1.54, 1.807) is 0 Å². The lowest BCUT2D eigenvalue weighted by Gasteiger charge is -2.37. The summed E-state index contributed by atoms with van der Waals surface area (Å²) in [5.41, 5.74) is 6.05. The van der Waals surface area contributed by atoms with E-state index >= 15 is 0 Å². The number of benzene rings is 3. The monoisotopic (exact) mass is 316 g/mol. The number of rotatable bonds is 2. The third-order valence-electron chi connectivity index (χ3n) is 4.56. The number of aryl methyl sites for hydroxylation is 1. The molecule has 0 spiro atoms. The molecule has 0 bridgehead atoms. The average Bonchev–Trinajstić information content (AvgIpc) is 2.60. The zero-order chi connectivity index (χ0) is 16.7. The molecule has 1 aliphatic heterocycles. The van der Waals surface area contributed by atoms with Crippen molar-refractivity contribution in [2.45, 2.75) is 6.92 Å². The average molecular weight is 316 g/mol. The minimum atomic E-state index is 0.845. The molecule has 3 aromatic carbocycles. The van der Waals surface area contributed by atoms with Crippen molar-refractivity contribution in [2.24, 2.45) is 0 Å². The number of fused-ring (bicyclic) bond motifs is 2. The highest BCUT2D eigenvalue weighted by Crippen LogP contribution is 2.48. The van der Waals surface area contributed by atoms with Crippen LogP contribution in [0.5, 0.6) is 11.5 Å². The smallest absolute Gasteiger partial charge is 0.129 e. The van der Waals surface area contributed by atoms with E-state index in [1.807, 2.05) is 36.4 Å². The van der Waals surface area contributed by atoms with Crippen LogP contribution in [0.3, 0.4) is 0 Å². The van der Waals surface area contributed by atoms with Gasteiger partial charge in [0.2, 0.25) is 0 Å². The van der Waals surface area contributed by atoms with E-state index in [1.165, 1.54) is 22.6 Å². The Morgan fingerprint density at radius 2 is 1.46 bits per heavy atom. The molecule has 3 aromatic rings. The highest BCUT2D eigenvalue weighted by atomic mass is 16.5.